The molecule has 0 saturated heterocycles. The topological polar surface area (TPSA) is 52.6 Å². The maximum Gasteiger partial charge on any atom is 0.338 e. The number of fused-ring (bicyclic) bond motifs is 1. The number of carbonyl (C=O) groups is 2. The maximum absolute atomic E-state index is 13.2. The summed E-state index contributed by atoms with van der Waals surface area (Å²) in [5.41, 5.74) is 0.854. The van der Waals surface area contributed by atoms with Crippen LogP contribution < -0.4 is 4.74 Å². The van der Waals surface area contributed by atoms with Crippen molar-refractivity contribution in [2.24, 2.45) is 0 Å². The summed E-state index contributed by atoms with van der Waals surface area (Å²) in [6, 6.07) is 10.0. The van der Waals surface area contributed by atoms with Crippen LogP contribution in [0.25, 0.3) is 10.8 Å². The first kappa shape index (κ1) is 22.4. The third-order valence-electron chi connectivity index (χ3n) is 4.12. The molecule has 0 aliphatic heterocycles. The van der Waals surface area contributed by atoms with Gasteiger partial charge in [0, 0.05) is 18.9 Å². The lowest BCUT2D eigenvalue weighted by Gasteiger charge is -2.22. The van der Waals surface area contributed by atoms with Crippen LogP contribution in [0.5, 0.6) is 5.75 Å². The number of alkyl halides is 4. The molecule has 0 fully saturated rings. The first-order chi connectivity index (χ1) is 13.4. The normalized spacial score (nSPS) is 11.9. The van der Waals surface area contributed by atoms with Crippen LogP contribution >= 0.6 is 0 Å². The number of carbonyl (C=O) groups excluding carboxylic acids is 2. The predicted molar refractivity (Wildman–Crippen MR) is 99.0 cm³/mol. The molecule has 2 aromatic carbocycles. The highest BCUT2D eigenvalue weighted by atomic mass is 19.3. The summed E-state index contributed by atoms with van der Waals surface area (Å²) < 4.78 is 61.9. The van der Waals surface area contributed by atoms with Gasteiger partial charge >= 0.3 is 23.8 Å². The number of hydrogen-bond acceptors (Lipinski definition) is 4. The zero-order valence-corrected chi connectivity index (χ0v) is 15.9. The van der Waals surface area contributed by atoms with Gasteiger partial charge in [0.15, 0.2) is 0 Å². The van der Waals surface area contributed by atoms with Crippen LogP contribution in [0.1, 0.15) is 32.3 Å². The minimum atomic E-state index is -4.28. The van der Waals surface area contributed by atoms with E-state index in [2.05, 4.69) is 6.58 Å². The van der Waals surface area contributed by atoms with Crippen LogP contribution in [0, 0.1) is 0 Å². The van der Waals surface area contributed by atoms with Crippen molar-refractivity contribution >= 4 is 22.7 Å². The molecule has 0 atom stereocenters. The SMILES string of the molecule is C=C(C)C(=O)Oc1ccc2cc(COC(=O)CCC(F)(F)C(C)(F)F)ccc2c1. The monoisotopic (exact) mass is 412 g/mol. The Balaban J connectivity index is 1.96. The molecule has 0 spiro atoms. The molecule has 0 heterocycles. The van der Waals surface area contributed by atoms with Crippen molar-refractivity contribution < 1.29 is 36.6 Å². The zero-order valence-electron chi connectivity index (χ0n) is 15.9. The molecule has 0 aliphatic carbocycles. The molecule has 0 aromatic heterocycles. The average Bonchev–Trinajstić information content (AvgIpc) is 2.63. The Morgan fingerprint density at radius 3 is 2.28 bits per heavy atom. The molecule has 2 rings (SSSR count). The molecule has 0 saturated carbocycles. The van der Waals surface area contributed by atoms with Crippen LogP contribution in [0.2, 0.25) is 0 Å². The second-order valence-corrected chi connectivity index (χ2v) is 6.77. The Bertz CT molecular complexity index is 932. The number of ether oxygens (including phenoxy) is 2. The van der Waals surface area contributed by atoms with E-state index >= 15 is 0 Å². The number of rotatable bonds is 8. The Kier molecular flexibility index (Phi) is 6.66. The van der Waals surface area contributed by atoms with Crippen molar-refractivity contribution in [2.75, 3.05) is 0 Å². The maximum atomic E-state index is 13.2. The van der Waals surface area contributed by atoms with Crippen LogP contribution in [0.15, 0.2) is 48.6 Å². The van der Waals surface area contributed by atoms with Crippen molar-refractivity contribution in [3.05, 3.63) is 54.1 Å². The molecule has 0 unspecified atom stereocenters. The molecular formula is C21H20F4O4. The lowest BCUT2D eigenvalue weighted by Crippen LogP contribution is -2.38. The molecular weight excluding hydrogens is 392 g/mol. The van der Waals surface area contributed by atoms with Gasteiger partial charge in [0.05, 0.1) is 6.42 Å². The molecule has 0 aliphatic rings. The predicted octanol–water partition coefficient (Wildman–Crippen LogP) is 5.44. The fourth-order valence-electron chi connectivity index (χ4n) is 2.34. The van der Waals surface area contributed by atoms with Gasteiger partial charge in [-0.2, -0.15) is 8.78 Å². The van der Waals surface area contributed by atoms with Gasteiger partial charge < -0.3 is 9.47 Å². The summed E-state index contributed by atoms with van der Waals surface area (Å²) in [5, 5.41) is 1.53. The smallest absolute Gasteiger partial charge is 0.338 e. The zero-order chi connectivity index (χ0) is 21.8. The molecule has 8 heteroatoms. The van der Waals surface area contributed by atoms with Crippen molar-refractivity contribution in [2.45, 2.75) is 45.1 Å². The molecule has 0 N–H and O–H groups in total. The fraction of sp³-hybridized carbons (Fsp3) is 0.333. The van der Waals surface area contributed by atoms with Gasteiger partial charge in [-0.05, 0) is 41.5 Å². The molecule has 2 aromatic rings. The third kappa shape index (κ3) is 6.04. The van der Waals surface area contributed by atoms with E-state index in [9.17, 15) is 27.2 Å². The minimum Gasteiger partial charge on any atom is -0.461 e. The summed E-state index contributed by atoms with van der Waals surface area (Å²) in [4.78, 5) is 23.2. The summed E-state index contributed by atoms with van der Waals surface area (Å²) >= 11 is 0. The highest BCUT2D eigenvalue weighted by Gasteiger charge is 2.51. The van der Waals surface area contributed by atoms with Gasteiger partial charge in [0.2, 0.25) is 0 Å². The van der Waals surface area contributed by atoms with Crippen molar-refractivity contribution in [1.82, 2.24) is 0 Å². The minimum absolute atomic E-state index is 0.109. The van der Waals surface area contributed by atoms with E-state index in [1.165, 1.54) is 6.92 Å². The summed E-state index contributed by atoms with van der Waals surface area (Å²) in [6.07, 6.45) is -2.11. The van der Waals surface area contributed by atoms with Gasteiger partial charge in [-0.25, -0.2) is 13.6 Å². The van der Waals surface area contributed by atoms with Crippen LogP contribution in [0.3, 0.4) is 0 Å². The van der Waals surface area contributed by atoms with Gasteiger partial charge in [0.1, 0.15) is 12.4 Å². The number of esters is 2. The lowest BCUT2D eigenvalue weighted by atomic mass is 10.1. The van der Waals surface area contributed by atoms with Gasteiger partial charge in [-0.15, -0.1) is 0 Å². The van der Waals surface area contributed by atoms with E-state index in [0.29, 0.717) is 11.3 Å². The van der Waals surface area contributed by atoms with Crippen LogP contribution in [0.4, 0.5) is 17.6 Å². The number of benzene rings is 2. The standard InChI is InChI=1S/C21H20F4O4/c1-13(2)19(27)29-17-7-6-15-10-14(4-5-16(15)11-17)12-28-18(26)8-9-21(24,25)20(3,22)23/h4-7,10-11H,1,8-9,12H2,2-3H3. The van der Waals surface area contributed by atoms with Crippen molar-refractivity contribution in [1.29, 1.82) is 0 Å². The Hall–Kier alpha value is -2.90. The second-order valence-electron chi connectivity index (χ2n) is 6.77. The first-order valence-corrected chi connectivity index (χ1v) is 8.71. The average molecular weight is 412 g/mol. The number of hydrogen-bond donors (Lipinski definition) is 0. The molecule has 29 heavy (non-hydrogen) atoms. The second kappa shape index (κ2) is 8.63. The molecule has 0 radical (unpaired) electrons. The Labute approximate surface area is 165 Å². The van der Waals surface area contributed by atoms with E-state index in [1.54, 1.807) is 36.4 Å². The van der Waals surface area contributed by atoms with Crippen molar-refractivity contribution in [3.8, 4) is 5.75 Å². The molecule has 0 bridgehead atoms. The van der Waals surface area contributed by atoms with Crippen LogP contribution in [-0.2, 0) is 20.9 Å². The van der Waals surface area contributed by atoms with Gasteiger partial charge in [-0.3, -0.25) is 4.79 Å². The highest BCUT2D eigenvalue weighted by molar-refractivity contribution is 5.90. The van der Waals surface area contributed by atoms with E-state index in [0.717, 1.165) is 10.8 Å². The van der Waals surface area contributed by atoms with Gasteiger partial charge in [-0.1, -0.05) is 24.8 Å². The molecule has 0 amide bonds. The highest BCUT2D eigenvalue weighted by Crippen LogP contribution is 2.37. The van der Waals surface area contributed by atoms with Crippen molar-refractivity contribution in [3.63, 3.8) is 0 Å². The fourth-order valence-corrected chi connectivity index (χ4v) is 2.34. The summed E-state index contributed by atoms with van der Waals surface area (Å²) in [5.74, 6) is -9.67. The Morgan fingerprint density at radius 2 is 1.66 bits per heavy atom. The van der Waals surface area contributed by atoms with Gasteiger partial charge in [0.25, 0.3) is 0 Å². The summed E-state index contributed by atoms with van der Waals surface area (Å²) in [6.45, 7) is 4.96. The van der Waals surface area contributed by atoms with E-state index in [-0.39, 0.29) is 19.1 Å². The quantitative estimate of drug-likeness (QED) is 0.251. The van der Waals surface area contributed by atoms with Crippen LogP contribution in [-0.4, -0.2) is 23.8 Å². The first-order valence-electron chi connectivity index (χ1n) is 8.71. The summed E-state index contributed by atoms with van der Waals surface area (Å²) in [7, 11) is 0. The number of halogens is 4. The third-order valence-corrected chi connectivity index (χ3v) is 4.12. The van der Waals surface area contributed by atoms with E-state index in [1.807, 2.05) is 0 Å². The largest absolute Gasteiger partial charge is 0.461 e. The van der Waals surface area contributed by atoms with E-state index in [4.69, 9.17) is 9.47 Å². The Morgan fingerprint density at radius 1 is 1.03 bits per heavy atom. The van der Waals surface area contributed by atoms with E-state index < -0.39 is 36.6 Å². The molecule has 4 nitrogen and oxygen atoms in total. The molecule has 156 valence electrons. The lowest BCUT2D eigenvalue weighted by molar-refractivity contribution is -0.203.